The van der Waals surface area contributed by atoms with E-state index in [2.05, 4.69) is 21.2 Å². The predicted molar refractivity (Wildman–Crippen MR) is 87.0 cm³/mol. The fraction of sp³-hybridized carbons (Fsp3) is 0.188. The molecular weight excluding hydrogens is 332 g/mol. The number of aliphatic hydroxyl groups is 1. The summed E-state index contributed by atoms with van der Waals surface area (Å²) >= 11 is 3.32. The summed E-state index contributed by atoms with van der Waals surface area (Å²) in [5.41, 5.74) is 7.68. The van der Waals surface area contributed by atoms with Crippen LogP contribution in [-0.4, -0.2) is 23.7 Å². The van der Waals surface area contributed by atoms with Gasteiger partial charge in [-0.1, -0.05) is 46.3 Å². The Morgan fingerprint density at radius 3 is 2.62 bits per heavy atom. The van der Waals surface area contributed by atoms with Crippen LogP contribution in [0, 0.1) is 0 Å². The van der Waals surface area contributed by atoms with Gasteiger partial charge in [-0.05, 0) is 30.2 Å². The third-order valence-electron chi connectivity index (χ3n) is 3.14. The number of rotatable bonds is 5. The molecule has 0 bridgehead atoms. The molecule has 0 aromatic heterocycles. The van der Waals surface area contributed by atoms with Crippen molar-refractivity contribution in [3.05, 3.63) is 64.1 Å². The molecule has 2 rings (SSSR count). The van der Waals surface area contributed by atoms with Crippen LogP contribution in [0.25, 0.3) is 0 Å². The number of nitrogen functional groups attached to an aromatic ring is 1. The zero-order valence-electron chi connectivity index (χ0n) is 11.4. The summed E-state index contributed by atoms with van der Waals surface area (Å²) in [4.78, 5) is 12.3. The average Bonchev–Trinajstić information content (AvgIpc) is 2.50. The van der Waals surface area contributed by atoms with E-state index in [0.29, 0.717) is 17.7 Å². The average molecular weight is 349 g/mol. The van der Waals surface area contributed by atoms with Crippen LogP contribution >= 0.6 is 15.9 Å². The Hall–Kier alpha value is -1.85. The van der Waals surface area contributed by atoms with Crippen molar-refractivity contribution in [2.24, 2.45) is 0 Å². The molecule has 0 fully saturated rings. The van der Waals surface area contributed by atoms with Crippen molar-refractivity contribution >= 4 is 27.5 Å². The standard InChI is InChI=1S/C16H17BrN2O2/c17-12-6-7-15(18)14(9-12)16(21)19-13(10-20)8-11-4-2-1-3-5-11/h1-7,9,13,20H,8,10,18H2,(H,19,21)/t13-/m0/s1. The molecule has 2 aromatic rings. The molecule has 0 radical (unpaired) electrons. The van der Waals surface area contributed by atoms with Crippen molar-refractivity contribution in [1.82, 2.24) is 5.32 Å². The number of anilines is 1. The Kier molecular flexibility index (Phi) is 5.36. The monoisotopic (exact) mass is 348 g/mol. The number of benzene rings is 2. The third-order valence-corrected chi connectivity index (χ3v) is 3.63. The molecule has 21 heavy (non-hydrogen) atoms. The molecule has 0 aliphatic heterocycles. The normalized spacial score (nSPS) is 11.9. The second-order valence-corrected chi connectivity index (χ2v) is 5.69. The maximum atomic E-state index is 12.3. The lowest BCUT2D eigenvalue weighted by molar-refractivity contribution is 0.0917. The fourth-order valence-electron chi connectivity index (χ4n) is 2.05. The Morgan fingerprint density at radius 2 is 1.95 bits per heavy atom. The first-order chi connectivity index (χ1) is 10.1. The minimum Gasteiger partial charge on any atom is -0.398 e. The van der Waals surface area contributed by atoms with Crippen LogP contribution in [-0.2, 0) is 6.42 Å². The van der Waals surface area contributed by atoms with Gasteiger partial charge in [0.2, 0.25) is 0 Å². The minimum atomic E-state index is -0.349. The molecule has 0 aliphatic carbocycles. The number of amides is 1. The van der Waals surface area contributed by atoms with Gasteiger partial charge in [0.25, 0.3) is 5.91 Å². The molecule has 0 saturated heterocycles. The summed E-state index contributed by atoms with van der Waals surface area (Å²) in [6, 6.07) is 14.5. The van der Waals surface area contributed by atoms with Gasteiger partial charge in [-0.15, -0.1) is 0 Å². The van der Waals surface area contributed by atoms with Crippen LogP contribution in [0.1, 0.15) is 15.9 Å². The number of aliphatic hydroxyl groups excluding tert-OH is 1. The van der Waals surface area contributed by atoms with Crippen molar-refractivity contribution in [3.8, 4) is 0 Å². The highest BCUT2D eigenvalue weighted by atomic mass is 79.9. The Morgan fingerprint density at radius 1 is 1.24 bits per heavy atom. The first-order valence-electron chi connectivity index (χ1n) is 6.61. The number of nitrogens with two attached hydrogens (primary N) is 1. The Balaban J connectivity index is 2.07. The summed E-state index contributed by atoms with van der Waals surface area (Å²) in [5, 5.41) is 12.3. The largest absolute Gasteiger partial charge is 0.398 e. The smallest absolute Gasteiger partial charge is 0.253 e. The molecule has 110 valence electrons. The summed E-state index contributed by atoms with van der Waals surface area (Å²) < 4.78 is 0.783. The zero-order valence-corrected chi connectivity index (χ0v) is 13.0. The van der Waals surface area contributed by atoms with Crippen LogP contribution in [0.15, 0.2) is 53.0 Å². The molecule has 0 saturated carbocycles. The van der Waals surface area contributed by atoms with Gasteiger partial charge in [0, 0.05) is 10.2 Å². The maximum absolute atomic E-state index is 12.3. The number of hydrogen-bond donors (Lipinski definition) is 3. The highest BCUT2D eigenvalue weighted by Gasteiger charge is 2.15. The van der Waals surface area contributed by atoms with E-state index in [1.165, 1.54) is 0 Å². The quantitative estimate of drug-likeness (QED) is 0.726. The van der Waals surface area contributed by atoms with Gasteiger partial charge in [-0.25, -0.2) is 0 Å². The molecule has 0 unspecified atom stereocenters. The SMILES string of the molecule is Nc1ccc(Br)cc1C(=O)N[C@H](CO)Cc1ccccc1. The lowest BCUT2D eigenvalue weighted by Gasteiger charge is -2.17. The lowest BCUT2D eigenvalue weighted by atomic mass is 10.1. The van der Waals surface area contributed by atoms with Crippen molar-refractivity contribution in [1.29, 1.82) is 0 Å². The van der Waals surface area contributed by atoms with E-state index < -0.39 is 0 Å². The first-order valence-corrected chi connectivity index (χ1v) is 7.40. The summed E-state index contributed by atoms with van der Waals surface area (Å²) in [5.74, 6) is -0.288. The van der Waals surface area contributed by atoms with Crippen LogP contribution < -0.4 is 11.1 Å². The zero-order chi connectivity index (χ0) is 15.2. The number of nitrogens with one attached hydrogen (secondary N) is 1. The fourth-order valence-corrected chi connectivity index (χ4v) is 2.41. The third kappa shape index (κ3) is 4.31. The minimum absolute atomic E-state index is 0.130. The van der Waals surface area contributed by atoms with Crippen LogP contribution in [0.2, 0.25) is 0 Å². The van der Waals surface area contributed by atoms with Gasteiger partial charge >= 0.3 is 0 Å². The van der Waals surface area contributed by atoms with Gasteiger partial charge in [0.15, 0.2) is 0 Å². The van der Waals surface area contributed by atoms with Gasteiger partial charge in [0.1, 0.15) is 0 Å². The van der Waals surface area contributed by atoms with E-state index in [1.54, 1.807) is 18.2 Å². The maximum Gasteiger partial charge on any atom is 0.253 e. The highest BCUT2D eigenvalue weighted by Crippen LogP contribution is 2.18. The molecule has 0 heterocycles. The van der Waals surface area contributed by atoms with E-state index in [4.69, 9.17) is 5.73 Å². The van der Waals surface area contributed by atoms with Crippen molar-refractivity contribution < 1.29 is 9.90 Å². The first kappa shape index (κ1) is 15.5. The van der Waals surface area contributed by atoms with Crippen molar-refractivity contribution in [2.75, 3.05) is 12.3 Å². The molecule has 4 N–H and O–H groups in total. The van der Waals surface area contributed by atoms with Crippen molar-refractivity contribution in [3.63, 3.8) is 0 Å². The van der Waals surface area contributed by atoms with Gasteiger partial charge in [-0.2, -0.15) is 0 Å². The Labute approximate surface area is 132 Å². The number of carbonyl (C=O) groups excluding carboxylic acids is 1. The number of hydrogen-bond acceptors (Lipinski definition) is 3. The lowest BCUT2D eigenvalue weighted by Crippen LogP contribution is -2.39. The van der Waals surface area contributed by atoms with E-state index in [9.17, 15) is 9.90 Å². The molecule has 1 amide bonds. The second-order valence-electron chi connectivity index (χ2n) is 4.77. The summed E-state index contributed by atoms with van der Waals surface area (Å²) in [7, 11) is 0. The second kappa shape index (κ2) is 7.24. The molecule has 1 atom stereocenters. The van der Waals surface area contributed by atoms with E-state index >= 15 is 0 Å². The summed E-state index contributed by atoms with van der Waals surface area (Å²) in [6.45, 7) is -0.130. The summed E-state index contributed by atoms with van der Waals surface area (Å²) in [6.07, 6.45) is 0.566. The topological polar surface area (TPSA) is 75.4 Å². The van der Waals surface area contributed by atoms with Crippen molar-refractivity contribution in [2.45, 2.75) is 12.5 Å². The van der Waals surface area contributed by atoms with Gasteiger partial charge in [-0.3, -0.25) is 4.79 Å². The number of halogens is 1. The molecule has 0 aliphatic rings. The predicted octanol–water partition coefficient (Wildman–Crippen LogP) is 2.36. The van der Waals surface area contributed by atoms with Crippen LogP contribution in [0.3, 0.4) is 0 Å². The Bertz CT molecular complexity index is 617. The number of carbonyl (C=O) groups is 1. The van der Waals surface area contributed by atoms with E-state index in [-0.39, 0.29) is 18.6 Å². The molecule has 5 heteroatoms. The van der Waals surface area contributed by atoms with E-state index in [1.807, 2.05) is 30.3 Å². The molecular formula is C16H17BrN2O2. The highest BCUT2D eigenvalue weighted by molar-refractivity contribution is 9.10. The molecule has 4 nitrogen and oxygen atoms in total. The van der Waals surface area contributed by atoms with E-state index in [0.717, 1.165) is 10.0 Å². The van der Waals surface area contributed by atoms with Crippen LogP contribution in [0.5, 0.6) is 0 Å². The van der Waals surface area contributed by atoms with Crippen LogP contribution in [0.4, 0.5) is 5.69 Å². The molecule has 0 spiro atoms. The van der Waals surface area contributed by atoms with Gasteiger partial charge in [0.05, 0.1) is 18.2 Å². The molecule has 2 aromatic carbocycles. The van der Waals surface area contributed by atoms with Gasteiger partial charge < -0.3 is 16.2 Å².